The molecule has 0 aliphatic rings. The summed E-state index contributed by atoms with van der Waals surface area (Å²) in [5.41, 5.74) is 6.36. The summed E-state index contributed by atoms with van der Waals surface area (Å²) in [4.78, 5) is 13.6. The van der Waals surface area contributed by atoms with Crippen molar-refractivity contribution in [2.45, 2.75) is 9.79 Å². The second-order valence-electron chi connectivity index (χ2n) is 4.03. The van der Waals surface area contributed by atoms with Gasteiger partial charge in [0.1, 0.15) is 0 Å². The fourth-order valence-corrected chi connectivity index (χ4v) is 1.96. The molecule has 22 heavy (non-hydrogen) atoms. The van der Waals surface area contributed by atoms with E-state index in [4.69, 9.17) is 5.73 Å². The van der Waals surface area contributed by atoms with E-state index in [-0.39, 0.29) is 23.8 Å². The van der Waals surface area contributed by atoms with Crippen LogP contribution in [0.2, 0.25) is 0 Å². The second kappa shape index (κ2) is 6.03. The van der Waals surface area contributed by atoms with Crippen molar-refractivity contribution in [1.82, 2.24) is 35.6 Å². The van der Waals surface area contributed by atoms with E-state index in [9.17, 15) is 0 Å². The maximum absolute atomic E-state index is 5.67. The van der Waals surface area contributed by atoms with Crippen molar-refractivity contribution >= 4 is 54.7 Å². The molecular formula is C10H10N10S2. The molecule has 0 aliphatic heterocycles. The van der Waals surface area contributed by atoms with Gasteiger partial charge in [-0.25, -0.2) is 0 Å². The number of H-pyrrole nitrogens is 1. The van der Waals surface area contributed by atoms with Gasteiger partial charge in [-0.15, -0.1) is 30.4 Å². The molecule has 3 rings (SSSR count). The highest BCUT2D eigenvalue weighted by molar-refractivity contribution is 7.80. The van der Waals surface area contributed by atoms with Crippen molar-refractivity contribution in [1.29, 1.82) is 0 Å². The molecular weight excluding hydrogens is 324 g/mol. The van der Waals surface area contributed by atoms with E-state index >= 15 is 0 Å². The molecule has 112 valence electrons. The van der Waals surface area contributed by atoms with Crippen LogP contribution < -0.4 is 16.4 Å². The van der Waals surface area contributed by atoms with Crippen LogP contribution in [0.3, 0.4) is 0 Å². The van der Waals surface area contributed by atoms with Gasteiger partial charge in [0.15, 0.2) is 0 Å². The summed E-state index contributed by atoms with van der Waals surface area (Å²) in [6.07, 6.45) is 0. The summed E-state index contributed by atoms with van der Waals surface area (Å²) in [7, 11) is 0. The first kappa shape index (κ1) is 14.3. The van der Waals surface area contributed by atoms with Crippen molar-refractivity contribution in [3.05, 3.63) is 18.2 Å². The summed E-state index contributed by atoms with van der Waals surface area (Å²) >= 11 is 8.63. The van der Waals surface area contributed by atoms with Crippen molar-refractivity contribution in [2.24, 2.45) is 0 Å². The molecule has 0 saturated carbocycles. The summed E-state index contributed by atoms with van der Waals surface area (Å²) in [5.74, 6) is 0.668. The molecule has 0 saturated heterocycles. The number of thiol groups is 2. The smallest absolute Gasteiger partial charge is 0.269 e. The number of nitrogens with zero attached hydrogens (tertiary/aromatic N) is 6. The number of hydrogen-bond acceptors (Lipinski definition) is 11. The number of benzene rings is 1. The van der Waals surface area contributed by atoms with Crippen LogP contribution >= 0.6 is 25.3 Å². The summed E-state index contributed by atoms with van der Waals surface area (Å²) in [6, 6.07) is 5.41. The Morgan fingerprint density at radius 2 is 1.77 bits per heavy atom. The number of hydrogen-bond donors (Lipinski definition) is 6. The quantitative estimate of drug-likeness (QED) is 0.385. The number of nitrogens with two attached hydrogens (primary N) is 1. The zero-order valence-corrected chi connectivity index (χ0v) is 12.7. The SMILES string of the molecule is Nc1nc(Nc2nn[nH]n2)nc(Nc2cc(S)ccc2S)n1. The first-order valence-electron chi connectivity index (χ1n) is 5.91. The van der Waals surface area contributed by atoms with Gasteiger partial charge in [-0.3, -0.25) is 5.32 Å². The van der Waals surface area contributed by atoms with Gasteiger partial charge in [-0.2, -0.15) is 20.2 Å². The minimum absolute atomic E-state index is 0.0336. The van der Waals surface area contributed by atoms with Crippen LogP contribution in [0.25, 0.3) is 0 Å². The Balaban J connectivity index is 1.87. The normalized spacial score (nSPS) is 10.5. The number of nitrogens with one attached hydrogen (secondary N) is 3. The van der Waals surface area contributed by atoms with Gasteiger partial charge < -0.3 is 11.1 Å². The Kier molecular flexibility index (Phi) is 3.93. The summed E-state index contributed by atoms with van der Waals surface area (Å²) in [6.45, 7) is 0. The van der Waals surface area contributed by atoms with Crippen LogP contribution in [-0.4, -0.2) is 35.6 Å². The molecule has 0 unspecified atom stereocenters. The van der Waals surface area contributed by atoms with Crippen LogP contribution in [-0.2, 0) is 0 Å². The lowest BCUT2D eigenvalue weighted by Gasteiger charge is -2.09. The molecule has 0 amide bonds. The highest BCUT2D eigenvalue weighted by atomic mass is 32.1. The van der Waals surface area contributed by atoms with Crippen molar-refractivity contribution < 1.29 is 0 Å². The number of anilines is 5. The first-order valence-corrected chi connectivity index (χ1v) is 6.80. The number of rotatable bonds is 4. The standard InChI is InChI=1S/C10H10N10S2/c11-7-13-8(12-5-3-4(21)1-2-6(5)22)15-9(14-7)16-10-17-19-20-18-10/h1-3,21-22H,(H5,11,12,13,14,15,16,17,18,19,20). The molecule has 0 atom stereocenters. The lowest BCUT2D eigenvalue weighted by molar-refractivity contribution is 0.881. The number of nitrogen functional groups attached to an aromatic ring is 1. The zero-order chi connectivity index (χ0) is 15.5. The van der Waals surface area contributed by atoms with Crippen molar-refractivity contribution in [2.75, 3.05) is 16.4 Å². The average molecular weight is 334 g/mol. The van der Waals surface area contributed by atoms with E-state index < -0.39 is 0 Å². The van der Waals surface area contributed by atoms with E-state index in [1.54, 1.807) is 12.1 Å². The van der Waals surface area contributed by atoms with Crippen LogP contribution in [0.5, 0.6) is 0 Å². The summed E-state index contributed by atoms with van der Waals surface area (Å²) < 4.78 is 0. The Bertz CT molecular complexity index is 790. The van der Waals surface area contributed by atoms with Gasteiger partial charge in [0.2, 0.25) is 17.8 Å². The van der Waals surface area contributed by atoms with Gasteiger partial charge >= 0.3 is 0 Å². The van der Waals surface area contributed by atoms with Gasteiger partial charge in [-0.1, -0.05) is 5.10 Å². The molecule has 2 aromatic heterocycles. The molecule has 0 spiro atoms. The minimum Gasteiger partial charge on any atom is -0.368 e. The molecule has 2 heterocycles. The molecule has 0 radical (unpaired) electrons. The Morgan fingerprint density at radius 3 is 2.50 bits per heavy atom. The fourth-order valence-electron chi connectivity index (χ4n) is 1.56. The van der Waals surface area contributed by atoms with Gasteiger partial charge in [0.05, 0.1) is 5.69 Å². The van der Waals surface area contributed by atoms with Gasteiger partial charge in [0.25, 0.3) is 5.95 Å². The highest BCUT2D eigenvalue weighted by Gasteiger charge is 2.08. The van der Waals surface area contributed by atoms with Crippen LogP contribution in [0.15, 0.2) is 28.0 Å². The third-order valence-corrected chi connectivity index (χ3v) is 3.12. The van der Waals surface area contributed by atoms with Crippen LogP contribution in [0.1, 0.15) is 0 Å². The van der Waals surface area contributed by atoms with E-state index in [2.05, 4.69) is 71.5 Å². The molecule has 0 fully saturated rings. The second-order valence-corrected chi connectivity index (χ2v) is 5.03. The number of aromatic nitrogens is 7. The van der Waals surface area contributed by atoms with E-state index in [0.717, 1.165) is 4.90 Å². The fraction of sp³-hybridized carbons (Fsp3) is 0. The third-order valence-electron chi connectivity index (χ3n) is 2.45. The maximum atomic E-state index is 5.67. The Hall–Kier alpha value is -2.60. The Labute approximate surface area is 135 Å². The van der Waals surface area contributed by atoms with E-state index in [1.807, 2.05) is 6.07 Å². The third kappa shape index (κ3) is 3.35. The molecule has 1 aromatic carbocycles. The zero-order valence-electron chi connectivity index (χ0n) is 10.9. The molecule has 0 bridgehead atoms. The van der Waals surface area contributed by atoms with Crippen LogP contribution in [0.4, 0.5) is 29.5 Å². The van der Waals surface area contributed by atoms with Crippen molar-refractivity contribution in [3.63, 3.8) is 0 Å². The predicted molar refractivity (Wildman–Crippen MR) is 85.9 cm³/mol. The topological polar surface area (TPSA) is 143 Å². The van der Waals surface area contributed by atoms with E-state index in [1.165, 1.54) is 0 Å². The maximum Gasteiger partial charge on any atom is 0.269 e. The van der Waals surface area contributed by atoms with Gasteiger partial charge in [-0.05, 0) is 23.4 Å². The summed E-state index contributed by atoms with van der Waals surface area (Å²) in [5, 5.41) is 18.9. The highest BCUT2D eigenvalue weighted by Crippen LogP contribution is 2.25. The average Bonchev–Trinajstić information content (AvgIpc) is 2.95. The predicted octanol–water partition coefficient (Wildman–Crippen LogP) is 1.03. The van der Waals surface area contributed by atoms with E-state index in [0.29, 0.717) is 10.6 Å². The molecule has 0 aliphatic carbocycles. The lowest BCUT2D eigenvalue weighted by Crippen LogP contribution is -2.07. The molecule has 5 N–H and O–H groups in total. The number of aromatic amines is 1. The van der Waals surface area contributed by atoms with Gasteiger partial charge in [0, 0.05) is 9.79 Å². The number of tetrazole rings is 1. The van der Waals surface area contributed by atoms with Crippen molar-refractivity contribution in [3.8, 4) is 0 Å². The Morgan fingerprint density at radius 1 is 1.00 bits per heavy atom. The minimum atomic E-state index is 0.0336. The molecule has 12 heteroatoms. The monoisotopic (exact) mass is 334 g/mol. The van der Waals surface area contributed by atoms with Crippen LogP contribution in [0, 0.1) is 0 Å². The lowest BCUT2D eigenvalue weighted by atomic mass is 10.3. The largest absolute Gasteiger partial charge is 0.368 e. The molecule has 3 aromatic rings. The first-order chi connectivity index (χ1) is 10.6. The molecule has 10 nitrogen and oxygen atoms in total.